The number of hydrogen-bond donors (Lipinski definition) is 1. The lowest BCUT2D eigenvalue weighted by Crippen LogP contribution is -2.20. The van der Waals surface area contributed by atoms with Gasteiger partial charge < -0.3 is 14.7 Å². The standard InChI is InChI=1S/C26H28N2O4/c29-26(30)16-27-32-18-24(19-6-2-1-3-7-19)20-11-14-23(15-12-20)31-17-22-13-10-21-8-4-5-9-25(21)28-22/h4-5,8-16,19,24H,1-3,6-7,17-18H2,(H,29,30)/b27-16+. The quantitative estimate of drug-likeness (QED) is 0.353. The van der Waals surface area contributed by atoms with E-state index in [1.807, 2.05) is 42.5 Å². The first-order valence-electron chi connectivity index (χ1n) is 11.1. The van der Waals surface area contributed by atoms with Gasteiger partial charge in [0, 0.05) is 11.3 Å². The number of para-hydroxylation sites is 1. The van der Waals surface area contributed by atoms with Crippen LogP contribution in [0.2, 0.25) is 0 Å². The average molecular weight is 433 g/mol. The minimum Gasteiger partial charge on any atom is -0.487 e. The zero-order chi connectivity index (χ0) is 22.2. The van der Waals surface area contributed by atoms with E-state index >= 15 is 0 Å². The van der Waals surface area contributed by atoms with Crippen LogP contribution in [0.3, 0.4) is 0 Å². The fourth-order valence-corrected chi connectivity index (χ4v) is 4.40. The summed E-state index contributed by atoms with van der Waals surface area (Å²) in [5.74, 6) is 0.368. The molecule has 1 heterocycles. The molecular formula is C26H28N2O4. The second-order valence-electron chi connectivity index (χ2n) is 8.23. The lowest BCUT2D eigenvalue weighted by atomic mass is 9.77. The SMILES string of the molecule is O=C(O)/C=N/OCC(c1ccc(OCc2ccc3ccccc3n2)cc1)C1CCCCC1. The Bertz CT molecular complexity index is 1060. The number of carbonyl (C=O) groups is 1. The van der Waals surface area contributed by atoms with Crippen molar-refractivity contribution in [3.8, 4) is 5.75 Å². The molecule has 0 amide bonds. The van der Waals surface area contributed by atoms with E-state index in [1.54, 1.807) is 0 Å². The molecule has 0 radical (unpaired) electrons. The van der Waals surface area contributed by atoms with Crippen molar-refractivity contribution < 1.29 is 19.5 Å². The number of oxime groups is 1. The maximum Gasteiger partial charge on any atom is 0.350 e. The number of aromatic nitrogens is 1. The Morgan fingerprint density at radius 3 is 2.62 bits per heavy atom. The lowest BCUT2D eigenvalue weighted by molar-refractivity contribution is -0.129. The first-order valence-corrected chi connectivity index (χ1v) is 11.1. The molecule has 1 aliphatic rings. The monoisotopic (exact) mass is 432 g/mol. The van der Waals surface area contributed by atoms with Crippen LogP contribution < -0.4 is 4.74 Å². The van der Waals surface area contributed by atoms with E-state index in [-0.39, 0.29) is 5.92 Å². The van der Waals surface area contributed by atoms with Crippen LogP contribution in [0.25, 0.3) is 10.9 Å². The van der Waals surface area contributed by atoms with Gasteiger partial charge in [-0.2, -0.15) is 0 Å². The van der Waals surface area contributed by atoms with Crippen molar-refractivity contribution in [1.82, 2.24) is 4.98 Å². The van der Waals surface area contributed by atoms with Crippen LogP contribution in [0, 0.1) is 5.92 Å². The summed E-state index contributed by atoms with van der Waals surface area (Å²) in [4.78, 5) is 20.6. The average Bonchev–Trinajstić information content (AvgIpc) is 2.83. The number of rotatable bonds is 9. The third-order valence-corrected chi connectivity index (χ3v) is 6.06. The maximum absolute atomic E-state index is 10.6. The minimum absolute atomic E-state index is 0.178. The van der Waals surface area contributed by atoms with Crippen LogP contribution in [0.4, 0.5) is 0 Å². The summed E-state index contributed by atoms with van der Waals surface area (Å²) in [6, 6.07) is 20.2. The molecule has 1 aliphatic carbocycles. The zero-order valence-electron chi connectivity index (χ0n) is 18.0. The molecule has 6 heteroatoms. The zero-order valence-corrected chi connectivity index (χ0v) is 18.0. The van der Waals surface area contributed by atoms with Crippen LogP contribution in [0.1, 0.15) is 49.3 Å². The maximum atomic E-state index is 10.6. The first-order chi connectivity index (χ1) is 15.7. The molecule has 1 N–H and O–H groups in total. The Balaban J connectivity index is 1.40. The number of aliphatic carboxylic acids is 1. The summed E-state index contributed by atoms with van der Waals surface area (Å²) in [7, 11) is 0. The molecule has 1 fully saturated rings. The molecule has 1 saturated carbocycles. The number of carboxylic acid groups (broad SMARTS) is 1. The Morgan fingerprint density at radius 2 is 1.84 bits per heavy atom. The van der Waals surface area contributed by atoms with E-state index in [9.17, 15) is 4.79 Å². The van der Waals surface area contributed by atoms with Crippen LogP contribution in [-0.4, -0.2) is 28.9 Å². The van der Waals surface area contributed by atoms with E-state index in [4.69, 9.17) is 14.7 Å². The van der Waals surface area contributed by atoms with Gasteiger partial charge in [-0.15, -0.1) is 0 Å². The summed E-state index contributed by atoms with van der Waals surface area (Å²) < 4.78 is 5.96. The second-order valence-corrected chi connectivity index (χ2v) is 8.23. The van der Waals surface area contributed by atoms with Crippen molar-refractivity contribution in [2.45, 2.75) is 44.6 Å². The summed E-state index contributed by atoms with van der Waals surface area (Å²) in [5, 5.41) is 13.4. The van der Waals surface area contributed by atoms with Gasteiger partial charge in [0.1, 0.15) is 19.0 Å². The van der Waals surface area contributed by atoms with Crippen molar-refractivity contribution in [2.24, 2.45) is 11.1 Å². The second kappa shape index (κ2) is 10.8. The summed E-state index contributed by atoms with van der Waals surface area (Å²) in [6.07, 6.45) is 6.82. The Labute approximate surface area is 187 Å². The third kappa shape index (κ3) is 5.84. The molecule has 0 saturated heterocycles. The number of pyridine rings is 1. The number of fused-ring (bicyclic) bond motifs is 1. The van der Waals surface area contributed by atoms with E-state index < -0.39 is 5.97 Å². The van der Waals surface area contributed by atoms with Gasteiger partial charge in [0.15, 0.2) is 6.21 Å². The molecule has 0 aliphatic heterocycles. The molecular weight excluding hydrogens is 404 g/mol. The number of hydrogen-bond acceptors (Lipinski definition) is 5. The molecule has 1 atom stereocenters. The Morgan fingerprint density at radius 1 is 1.06 bits per heavy atom. The Hall–Kier alpha value is -3.41. The van der Waals surface area contributed by atoms with Crippen LogP contribution in [0.5, 0.6) is 5.75 Å². The van der Waals surface area contributed by atoms with Crippen molar-refractivity contribution in [3.05, 3.63) is 71.9 Å². The van der Waals surface area contributed by atoms with E-state index in [0.29, 0.717) is 19.1 Å². The van der Waals surface area contributed by atoms with Gasteiger partial charge in [-0.1, -0.05) is 60.8 Å². The summed E-state index contributed by atoms with van der Waals surface area (Å²) in [5.41, 5.74) is 3.01. The smallest absolute Gasteiger partial charge is 0.350 e. The Kier molecular flexibility index (Phi) is 7.33. The molecule has 2 aromatic carbocycles. The van der Waals surface area contributed by atoms with E-state index in [0.717, 1.165) is 41.4 Å². The molecule has 0 spiro atoms. The summed E-state index contributed by atoms with van der Waals surface area (Å²) in [6.45, 7) is 0.777. The predicted octanol–water partition coefficient (Wildman–Crippen LogP) is 5.56. The highest BCUT2D eigenvalue weighted by atomic mass is 16.6. The first kappa shape index (κ1) is 21.8. The molecule has 32 heavy (non-hydrogen) atoms. The molecule has 4 rings (SSSR count). The largest absolute Gasteiger partial charge is 0.487 e. The number of nitrogens with zero attached hydrogens (tertiary/aromatic N) is 2. The van der Waals surface area contributed by atoms with Gasteiger partial charge >= 0.3 is 5.97 Å². The van der Waals surface area contributed by atoms with Crippen LogP contribution in [-0.2, 0) is 16.2 Å². The van der Waals surface area contributed by atoms with Gasteiger partial charge in [-0.3, -0.25) is 0 Å². The number of ether oxygens (including phenoxy) is 1. The van der Waals surface area contributed by atoms with E-state index in [2.05, 4.69) is 28.3 Å². The molecule has 166 valence electrons. The van der Waals surface area contributed by atoms with Crippen molar-refractivity contribution in [1.29, 1.82) is 0 Å². The van der Waals surface area contributed by atoms with Gasteiger partial charge in [0.05, 0.1) is 11.2 Å². The highest BCUT2D eigenvalue weighted by Crippen LogP contribution is 2.37. The fourth-order valence-electron chi connectivity index (χ4n) is 4.40. The molecule has 1 aromatic heterocycles. The normalized spacial score (nSPS) is 15.6. The number of benzene rings is 2. The van der Waals surface area contributed by atoms with Crippen LogP contribution in [0.15, 0.2) is 65.8 Å². The molecule has 6 nitrogen and oxygen atoms in total. The van der Waals surface area contributed by atoms with Crippen molar-refractivity contribution in [3.63, 3.8) is 0 Å². The third-order valence-electron chi connectivity index (χ3n) is 6.06. The number of carboxylic acids is 1. The lowest BCUT2D eigenvalue weighted by Gasteiger charge is -2.29. The molecule has 0 bridgehead atoms. The van der Waals surface area contributed by atoms with Gasteiger partial charge in [-0.05, 0) is 48.6 Å². The van der Waals surface area contributed by atoms with E-state index in [1.165, 1.54) is 24.8 Å². The highest BCUT2D eigenvalue weighted by molar-refractivity contribution is 6.21. The molecule has 1 unspecified atom stereocenters. The minimum atomic E-state index is -1.11. The van der Waals surface area contributed by atoms with Crippen LogP contribution >= 0.6 is 0 Å². The van der Waals surface area contributed by atoms with Gasteiger partial charge in [-0.25, -0.2) is 9.78 Å². The fraction of sp³-hybridized carbons (Fsp3) is 0.346. The molecule has 3 aromatic rings. The highest BCUT2D eigenvalue weighted by Gasteiger charge is 2.26. The van der Waals surface area contributed by atoms with Crippen molar-refractivity contribution >= 4 is 23.1 Å². The summed E-state index contributed by atoms with van der Waals surface area (Å²) >= 11 is 0. The topological polar surface area (TPSA) is 81.0 Å². The van der Waals surface area contributed by atoms with Crippen molar-refractivity contribution in [2.75, 3.05) is 6.61 Å². The van der Waals surface area contributed by atoms with Gasteiger partial charge in [0.25, 0.3) is 0 Å². The van der Waals surface area contributed by atoms with Gasteiger partial charge in [0.2, 0.25) is 0 Å². The predicted molar refractivity (Wildman–Crippen MR) is 124 cm³/mol.